The van der Waals surface area contributed by atoms with Crippen molar-refractivity contribution in [1.82, 2.24) is 9.88 Å². The molecule has 5 nitrogen and oxygen atoms in total. The van der Waals surface area contributed by atoms with Crippen LogP contribution in [0.5, 0.6) is 5.75 Å². The lowest BCUT2D eigenvalue weighted by molar-refractivity contribution is -0.0962. The fraction of sp³-hybridized carbons (Fsp3) is 0.391. The maximum absolute atomic E-state index is 11.6. The van der Waals surface area contributed by atoms with E-state index >= 15 is 0 Å². The van der Waals surface area contributed by atoms with Crippen LogP contribution in [0.25, 0.3) is 0 Å². The van der Waals surface area contributed by atoms with Gasteiger partial charge < -0.3 is 9.84 Å². The van der Waals surface area contributed by atoms with Crippen LogP contribution < -0.4 is 4.74 Å². The van der Waals surface area contributed by atoms with Gasteiger partial charge in [0.1, 0.15) is 12.4 Å². The second kappa shape index (κ2) is 7.55. The number of aryl methyl sites for hydroxylation is 1. The molecule has 1 saturated heterocycles. The number of carbonyl (C=O) groups is 1. The van der Waals surface area contributed by atoms with Crippen molar-refractivity contribution in [2.24, 2.45) is 5.41 Å². The van der Waals surface area contributed by atoms with E-state index in [0.29, 0.717) is 18.9 Å². The second-order valence-corrected chi connectivity index (χ2v) is 8.28. The molecule has 0 saturated carbocycles. The predicted molar refractivity (Wildman–Crippen MR) is 108 cm³/mol. The standard InChI is InChI=1S/C23H26N2O3/c1-17-6-5-7-18(12-17)8-9-19-13-20(15-24-14-19)28-16-23(22(2,3)4)10-11-25(23)21(26)27/h5-7,12-15H,10-11,16H2,1-4H3,(H,26,27)/t23-/m1/s1. The van der Waals surface area contributed by atoms with Gasteiger partial charge in [-0.3, -0.25) is 9.88 Å². The van der Waals surface area contributed by atoms with Crippen LogP contribution in [0.1, 0.15) is 43.9 Å². The molecule has 1 aromatic heterocycles. The molecule has 0 bridgehead atoms. The van der Waals surface area contributed by atoms with E-state index in [2.05, 4.69) is 16.8 Å². The molecule has 1 aromatic carbocycles. The highest BCUT2D eigenvalue weighted by molar-refractivity contribution is 5.68. The number of aromatic nitrogens is 1. The normalized spacial score (nSPS) is 18.6. The lowest BCUT2D eigenvalue weighted by Crippen LogP contribution is -2.70. The maximum atomic E-state index is 11.6. The Balaban J connectivity index is 1.75. The van der Waals surface area contributed by atoms with E-state index in [1.807, 2.05) is 58.0 Å². The van der Waals surface area contributed by atoms with Gasteiger partial charge in [0, 0.05) is 23.9 Å². The van der Waals surface area contributed by atoms with Crippen molar-refractivity contribution in [1.29, 1.82) is 0 Å². The molecule has 146 valence electrons. The van der Waals surface area contributed by atoms with Crippen molar-refractivity contribution >= 4 is 6.09 Å². The molecular weight excluding hydrogens is 352 g/mol. The fourth-order valence-electron chi connectivity index (χ4n) is 3.55. The number of pyridine rings is 1. The molecule has 2 aromatic rings. The van der Waals surface area contributed by atoms with Crippen molar-refractivity contribution in [3.63, 3.8) is 0 Å². The molecule has 1 amide bonds. The molecule has 1 aliphatic rings. The molecule has 0 radical (unpaired) electrons. The van der Waals surface area contributed by atoms with Gasteiger partial charge in [0.15, 0.2) is 0 Å². The number of rotatable bonds is 3. The van der Waals surface area contributed by atoms with Gasteiger partial charge in [-0.1, -0.05) is 44.7 Å². The first-order chi connectivity index (χ1) is 13.2. The van der Waals surface area contributed by atoms with Crippen LogP contribution in [0.3, 0.4) is 0 Å². The van der Waals surface area contributed by atoms with Gasteiger partial charge in [0.25, 0.3) is 0 Å². The largest absolute Gasteiger partial charge is 0.489 e. The summed E-state index contributed by atoms with van der Waals surface area (Å²) in [5, 5.41) is 9.51. The second-order valence-electron chi connectivity index (χ2n) is 8.28. The fourth-order valence-corrected chi connectivity index (χ4v) is 3.55. The first-order valence-electron chi connectivity index (χ1n) is 9.38. The van der Waals surface area contributed by atoms with Crippen LogP contribution in [-0.2, 0) is 0 Å². The van der Waals surface area contributed by atoms with Gasteiger partial charge in [0.2, 0.25) is 0 Å². The molecule has 1 fully saturated rings. The number of hydrogen-bond acceptors (Lipinski definition) is 3. The molecule has 5 heteroatoms. The zero-order valence-electron chi connectivity index (χ0n) is 16.8. The van der Waals surface area contributed by atoms with Crippen LogP contribution in [0.15, 0.2) is 42.7 Å². The van der Waals surface area contributed by atoms with E-state index in [4.69, 9.17) is 4.74 Å². The van der Waals surface area contributed by atoms with E-state index in [0.717, 1.165) is 23.1 Å². The van der Waals surface area contributed by atoms with Gasteiger partial charge >= 0.3 is 6.09 Å². The summed E-state index contributed by atoms with van der Waals surface area (Å²) in [7, 11) is 0. The highest BCUT2D eigenvalue weighted by Gasteiger charge is 2.55. The minimum absolute atomic E-state index is 0.236. The summed E-state index contributed by atoms with van der Waals surface area (Å²) in [4.78, 5) is 17.3. The predicted octanol–water partition coefficient (Wildman–Crippen LogP) is 4.34. The number of benzene rings is 1. The van der Waals surface area contributed by atoms with E-state index in [1.165, 1.54) is 4.90 Å². The van der Waals surface area contributed by atoms with Crippen molar-refractivity contribution in [2.75, 3.05) is 13.2 Å². The van der Waals surface area contributed by atoms with Crippen LogP contribution >= 0.6 is 0 Å². The van der Waals surface area contributed by atoms with Crippen LogP contribution in [0.4, 0.5) is 4.79 Å². The minimum Gasteiger partial charge on any atom is -0.489 e. The van der Waals surface area contributed by atoms with Crippen LogP contribution in [0, 0.1) is 24.2 Å². The van der Waals surface area contributed by atoms with Gasteiger partial charge in [-0.25, -0.2) is 4.79 Å². The Bertz CT molecular complexity index is 937. The third-order valence-electron chi connectivity index (χ3n) is 5.45. The SMILES string of the molecule is Cc1cccc(C#Cc2cncc(OC[C@@]3(C(C)(C)C)CCN3C(=O)O)c2)c1. The number of hydrogen-bond donors (Lipinski definition) is 1. The summed E-state index contributed by atoms with van der Waals surface area (Å²) in [6.07, 6.45) is 3.21. The summed E-state index contributed by atoms with van der Waals surface area (Å²) in [5.74, 6) is 6.85. The number of likely N-dealkylation sites (tertiary alicyclic amines) is 1. The molecule has 2 heterocycles. The van der Waals surface area contributed by atoms with Crippen molar-refractivity contribution in [3.05, 3.63) is 59.4 Å². The quantitative estimate of drug-likeness (QED) is 0.807. The number of amides is 1. The number of carboxylic acid groups (broad SMARTS) is 1. The average molecular weight is 378 g/mol. The molecule has 28 heavy (non-hydrogen) atoms. The molecule has 1 aliphatic heterocycles. The molecular formula is C23H26N2O3. The average Bonchev–Trinajstić information content (AvgIpc) is 2.58. The minimum atomic E-state index is -0.902. The Kier molecular flexibility index (Phi) is 5.33. The molecule has 3 rings (SSSR count). The molecule has 0 unspecified atom stereocenters. The highest BCUT2D eigenvalue weighted by Crippen LogP contribution is 2.45. The zero-order valence-corrected chi connectivity index (χ0v) is 16.8. The summed E-state index contributed by atoms with van der Waals surface area (Å²) in [6, 6.07) is 9.86. The number of nitrogens with zero attached hydrogens (tertiary/aromatic N) is 2. The highest BCUT2D eigenvalue weighted by atomic mass is 16.5. The van der Waals surface area contributed by atoms with Crippen molar-refractivity contribution in [2.45, 2.75) is 39.7 Å². The Morgan fingerprint density at radius 3 is 2.61 bits per heavy atom. The van der Waals surface area contributed by atoms with Gasteiger partial charge in [-0.05, 0) is 42.5 Å². The van der Waals surface area contributed by atoms with E-state index in [-0.39, 0.29) is 5.41 Å². The first-order valence-corrected chi connectivity index (χ1v) is 9.38. The van der Waals surface area contributed by atoms with Crippen LogP contribution in [0.2, 0.25) is 0 Å². The van der Waals surface area contributed by atoms with Gasteiger partial charge in [-0.2, -0.15) is 0 Å². The first kappa shape index (κ1) is 19.8. The van der Waals surface area contributed by atoms with Gasteiger partial charge in [-0.15, -0.1) is 0 Å². The van der Waals surface area contributed by atoms with E-state index in [9.17, 15) is 9.90 Å². The van der Waals surface area contributed by atoms with Crippen LogP contribution in [-0.4, -0.2) is 39.8 Å². The third-order valence-corrected chi connectivity index (χ3v) is 5.45. The van der Waals surface area contributed by atoms with Gasteiger partial charge in [0.05, 0.1) is 11.7 Å². The Morgan fingerprint density at radius 1 is 1.25 bits per heavy atom. The Labute approximate surface area is 166 Å². The molecule has 1 atom stereocenters. The molecule has 0 spiro atoms. The van der Waals surface area contributed by atoms with Crippen molar-refractivity contribution < 1.29 is 14.6 Å². The molecule has 0 aliphatic carbocycles. The number of ether oxygens (including phenoxy) is 1. The molecule has 1 N–H and O–H groups in total. The lowest BCUT2D eigenvalue weighted by atomic mass is 9.66. The monoisotopic (exact) mass is 378 g/mol. The smallest absolute Gasteiger partial charge is 0.407 e. The summed E-state index contributed by atoms with van der Waals surface area (Å²) >= 11 is 0. The third kappa shape index (κ3) is 3.96. The summed E-state index contributed by atoms with van der Waals surface area (Å²) in [5.41, 5.74) is 2.09. The van der Waals surface area contributed by atoms with Crippen molar-refractivity contribution in [3.8, 4) is 17.6 Å². The topological polar surface area (TPSA) is 62.7 Å². The summed E-state index contributed by atoms with van der Waals surface area (Å²) in [6.45, 7) is 9.01. The van der Waals surface area contributed by atoms with E-state index < -0.39 is 11.6 Å². The lowest BCUT2D eigenvalue weighted by Gasteiger charge is -2.57. The zero-order chi connectivity index (χ0) is 20.4. The Hall–Kier alpha value is -3.00. The maximum Gasteiger partial charge on any atom is 0.407 e. The van der Waals surface area contributed by atoms with E-state index in [1.54, 1.807) is 12.4 Å². The summed E-state index contributed by atoms with van der Waals surface area (Å²) < 4.78 is 6.00. The Morgan fingerprint density at radius 2 is 2.00 bits per heavy atom.